The van der Waals surface area contributed by atoms with Crippen molar-refractivity contribution in [2.75, 3.05) is 13.1 Å². The molecule has 0 aliphatic heterocycles. The lowest BCUT2D eigenvalue weighted by Crippen LogP contribution is -2.34. The van der Waals surface area contributed by atoms with Crippen LogP contribution in [-0.2, 0) is 6.54 Å². The molecule has 0 aliphatic carbocycles. The molecule has 0 unspecified atom stereocenters. The summed E-state index contributed by atoms with van der Waals surface area (Å²) in [5.41, 5.74) is 1.85. The van der Waals surface area contributed by atoms with Gasteiger partial charge in [0.05, 0.1) is 24.0 Å². The summed E-state index contributed by atoms with van der Waals surface area (Å²) in [6.45, 7) is 3.16. The summed E-state index contributed by atoms with van der Waals surface area (Å²) in [7, 11) is 0. The fraction of sp³-hybridized carbons (Fsp3) is 0.174. The van der Waals surface area contributed by atoms with Crippen LogP contribution in [0.2, 0.25) is 0 Å². The highest BCUT2D eigenvalue weighted by Gasteiger charge is 2.20. The number of rotatable bonds is 7. The van der Waals surface area contributed by atoms with Crippen LogP contribution in [0.4, 0.5) is 8.78 Å². The first kappa shape index (κ1) is 21.2. The molecule has 9 heteroatoms. The number of benzene rings is 1. The molecule has 0 atom stereocenters. The van der Waals surface area contributed by atoms with Gasteiger partial charge in [-0.05, 0) is 49.4 Å². The zero-order valence-electron chi connectivity index (χ0n) is 17.3. The van der Waals surface area contributed by atoms with Crippen LogP contribution in [0.25, 0.3) is 22.8 Å². The van der Waals surface area contributed by atoms with Crippen molar-refractivity contribution in [1.29, 1.82) is 0 Å². The maximum absolute atomic E-state index is 13.9. The highest BCUT2D eigenvalue weighted by molar-refractivity contribution is 6.00. The van der Waals surface area contributed by atoms with Crippen molar-refractivity contribution in [3.8, 4) is 22.8 Å². The molecular weight excluding hydrogens is 414 g/mol. The van der Waals surface area contributed by atoms with Crippen molar-refractivity contribution < 1.29 is 13.6 Å². The second-order valence-electron chi connectivity index (χ2n) is 6.97. The molecule has 0 saturated heterocycles. The first-order valence-electron chi connectivity index (χ1n) is 10.1. The zero-order chi connectivity index (χ0) is 22.5. The lowest BCUT2D eigenvalue weighted by Gasteiger charge is -2.22. The SMILES string of the molecule is CCN(CCn1ccc(-c2ccc(F)cn2)n1)C(=O)c1ccc(F)cc1-c1ncccn1. The van der Waals surface area contributed by atoms with Gasteiger partial charge in [0.15, 0.2) is 5.82 Å². The summed E-state index contributed by atoms with van der Waals surface area (Å²) in [6, 6.07) is 10.3. The van der Waals surface area contributed by atoms with Crippen molar-refractivity contribution >= 4 is 5.91 Å². The van der Waals surface area contributed by atoms with Crippen LogP contribution in [0.1, 0.15) is 17.3 Å². The van der Waals surface area contributed by atoms with Gasteiger partial charge in [0, 0.05) is 37.2 Å². The van der Waals surface area contributed by atoms with Crippen molar-refractivity contribution in [3.05, 3.63) is 84.4 Å². The van der Waals surface area contributed by atoms with Gasteiger partial charge in [-0.3, -0.25) is 14.5 Å². The predicted molar refractivity (Wildman–Crippen MR) is 114 cm³/mol. The summed E-state index contributed by atoms with van der Waals surface area (Å²) in [4.78, 5) is 27.2. The summed E-state index contributed by atoms with van der Waals surface area (Å²) in [6.07, 6.45) is 6.01. The minimum atomic E-state index is -0.467. The van der Waals surface area contributed by atoms with Crippen molar-refractivity contribution in [3.63, 3.8) is 0 Å². The van der Waals surface area contributed by atoms with Crippen LogP contribution in [-0.4, -0.2) is 48.6 Å². The molecule has 3 aromatic heterocycles. The Bertz CT molecular complexity index is 1210. The van der Waals surface area contributed by atoms with Gasteiger partial charge < -0.3 is 4.90 Å². The quantitative estimate of drug-likeness (QED) is 0.442. The molecule has 32 heavy (non-hydrogen) atoms. The molecule has 4 aromatic rings. The Kier molecular flexibility index (Phi) is 6.25. The minimum Gasteiger partial charge on any atom is -0.337 e. The molecule has 0 spiro atoms. The van der Waals surface area contributed by atoms with E-state index in [2.05, 4.69) is 20.1 Å². The lowest BCUT2D eigenvalue weighted by atomic mass is 10.0. The number of likely N-dealkylation sites (N-methyl/N-ethyl adjacent to an activating group) is 1. The molecular formula is C23H20F2N6O. The van der Waals surface area contributed by atoms with E-state index in [1.807, 2.05) is 6.92 Å². The molecule has 0 aliphatic rings. The predicted octanol–water partition coefficient (Wildman–Crippen LogP) is 3.84. The third kappa shape index (κ3) is 4.66. The molecule has 162 valence electrons. The van der Waals surface area contributed by atoms with Crippen molar-refractivity contribution in [1.82, 2.24) is 29.6 Å². The second kappa shape index (κ2) is 9.42. The summed E-state index contributed by atoms with van der Waals surface area (Å²) in [5.74, 6) is -0.839. The third-order valence-electron chi connectivity index (χ3n) is 4.92. The average molecular weight is 434 g/mol. The van der Waals surface area contributed by atoms with Crippen LogP contribution in [0.3, 0.4) is 0 Å². The van der Waals surface area contributed by atoms with Gasteiger partial charge in [-0.1, -0.05) is 0 Å². The van der Waals surface area contributed by atoms with Gasteiger partial charge >= 0.3 is 0 Å². The molecule has 1 amide bonds. The van der Waals surface area contributed by atoms with Gasteiger partial charge in [-0.25, -0.2) is 18.7 Å². The average Bonchev–Trinajstić information content (AvgIpc) is 3.29. The molecule has 1 aromatic carbocycles. The monoisotopic (exact) mass is 434 g/mol. The highest BCUT2D eigenvalue weighted by atomic mass is 19.1. The number of pyridine rings is 1. The van der Waals surface area contributed by atoms with E-state index in [4.69, 9.17) is 0 Å². The molecule has 0 saturated carbocycles. The van der Waals surface area contributed by atoms with Crippen LogP contribution in [0, 0.1) is 11.6 Å². The third-order valence-corrected chi connectivity index (χ3v) is 4.92. The van der Waals surface area contributed by atoms with E-state index in [-0.39, 0.29) is 11.7 Å². The summed E-state index contributed by atoms with van der Waals surface area (Å²) in [5, 5.41) is 4.45. The molecule has 0 bridgehead atoms. The highest BCUT2D eigenvalue weighted by Crippen LogP contribution is 2.23. The standard InChI is InChI=1S/C23H20F2N6O/c1-2-30(12-13-31-11-8-21(29-31)20-7-5-17(25)15-28-20)23(32)18-6-4-16(24)14-19(18)22-26-9-3-10-27-22/h3-11,14-15H,2,12-13H2,1H3. The molecule has 0 fully saturated rings. The van der Waals surface area contributed by atoms with E-state index >= 15 is 0 Å². The van der Waals surface area contributed by atoms with Gasteiger partial charge in [0.25, 0.3) is 5.91 Å². The lowest BCUT2D eigenvalue weighted by molar-refractivity contribution is 0.0758. The Morgan fingerprint density at radius 3 is 2.50 bits per heavy atom. The Balaban J connectivity index is 1.51. The van der Waals surface area contributed by atoms with Gasteiger partial charge in [-0.15, -0.1) is 0 Å². The number of nitrogens with zero attached hydrogens (tertiary/aromatic N) is 6. The maximum Gasteiger partial charge on any atom is 0.254 e. The topological polar surface area (TPSA) is 76.8 Å². The number of hydrogen-bond donors (Lipinski definition) is 0. The fourth-order valence-electron chi connectivity index (χ4n) is 3.27. The number of halogens is 2. The van der Waals surface area contributed by atoms with E-state index in [0.717, 1.165) is 6.20 Å². The Morgan fingerprint density at radius 1 is 1.00 bits per heavy atom. The van der Waals surface area contributed by atoms with E-state index in [0.29, 0.717) is 42.1 Å². The van der Waals surface area contributed by atoms with Gasteiger partial charge in [0.1, 0.15) is 17.3 Å². The van der Waals surface area contributed by atoms with Gasteiger partial charge in [0.2, 0.25) is 0 Å². The number of carbonyl (C=O) groups is 1. The zero-order valence-corrected chi connectivity index (χ0v) is 17.3. The molecule has 4 rings (SSSR count). The van der Waals surface area contributed by atoms with Crippen molar-refractivity contribution in [2.24, 2.45) is 0 Å². The van der Waals surface area contributed by atoms with Crippen LogP contribution in [0.5, 0.6) is 0 Å². The van der Waals surface area contributed by atoms with Crippen molar-refractivity contribution in [2.45, 2.75) is 13.5 Å². The largest absolute Gasteiger partial charge is 0.337 e. The van der Waals surface area contributed by atoms with E-state index in [9.17, 15) is 13.6 Å². The second-order valence-corrected chi connectivity index (χ2v) is 6.97. The van der Waals surface area contributed by atoms with Crippen LogP contribution < -0.4 is 0 Å². The minimum absolute atomic E-state index is 0.248. The summed E-state index contributed by atoms with van der Waals surface area (Å²) < 4.78 is 28.7. The molecule has 0 radical (unpaired) electrons. The van der Waals surface area contributed by atoms with E-state index in [1.165, 1.54) is 24.3 Å². The Morgan fingerprint density at radius 2 is 1.78 bits per heavy atom. The van der Waals surface area contributed by atoms with Crippen LogP contribution in [0.15, 0.2) is 67.3 Å². The molecule has 0 N–H and O–H groups in total. The number of hydrogen-bond acceptors (Lipinski definition) is 5. The Labute approximate surface area is 183 Å². The number of amides is 1. The maximum atomic E-state index is 13.9. The fourth-order valence-corrected chi connectivity index (χ4v) is 3.27. The first-order chi connectivity index (χ1) is 15.5. The number of aromatic nitrogens is 5. The number of carbonyl (C=O) groups excluding carboxylic acids is 1. The first-order valence-corrected chi connectivity index (χ1v) is 10.1. The Hall–Kier alpha value is -4.01. The molecule has 3 heterocycles. The van der Waals surface area contributed by atoms with E-state index < -0.39 is 11.6 Å². The van der Waals surface area contributed by atoms with Gasteiger partial charge in [-0.2, -0.15) is 5.10 Å². The van der Waals surface area contributed by atoms with Crippen LogP contribution >= 0.6 is 0 Å². The van der Waals surface area contributed by atoms with E-state index in [1.54, 1.807) is 46.4 Å². The normalized spacial score (nSPS) is 10.8. The molecule has 7 nitrogen and oxygen atoms in total. The smallest absolute Gasteiger partial charge is 0.254 e. The summed E-state index contributed by atoms with van der Waals surface area (Å²) >= 11 is 0.